The summed E-state index contributed by atoms with van der Waals surface area (Å²) in [6.45, 7) is 8.14. The lowest BCUT2D eigenvalue weighted by molar-refractivity contribution is 0.157. The maximum absolute atomic E-state index is 6.04. The van der Waals surface area contributed by atoms with Crippen molar-refractivity contribution in [3.8, 4) is 0 Å². The number of methoxy groups -OCH3 is 1. The number of anilines is 2. The highest BCUT2D eigenvalue weighted by atomic mass is 16.5. The summed E-state index contributed by atoms with van der Waals surface area (Å²) in [4.78, 5) is 4.33. The van der Waals surface area contributed by atoms with Gasteiger partial charge in [-0.1, -0.05) is 13.8 Å². The lowest BCUT2D eigenvalue weighted by Crippen LogP contribution is -2.24. The Bertz CT molecular complexity index is 623. The summed E-state index contributed by atoms with van der Waals surface area (Å²) in [5, 5.41) is 5.68. The largest absolute Gasteiger partial charge is 0.398 e. The van der Waals surface area contributed by atoms with Crippen LogP contribution in [0, 0.1) is 12.3 Å². The van der Waals surface area contributed by atoms with E-state index in [0.717, 1.165) is 47.4 Å². The molecule has 2 aromatic rings. The topological polar surface area (TPSA) is 60.2 Å². The lowest BCUT2D eigenvalue weighted by Gasteiger charge is -2.25. The molecule has 0 radical (unpaired) electrons. The molecular formula is C17H25N3O. The lowest BCUT2D eigenvalue weighted by atomic mass is 9.89. The second-order valence-corrected chi connectivity index (χ2v) is 6.33. The van der Waals surface area contributed by atoms with Crippen LogP contribution >= 0.6 is 0 Å². The molecule has 0 spiro atoms. The van der Waals surface area contributed by atoms with Gasteiger partial charge in [0.05, 0.1) is 0 Å². The number of aryl methyl sites for hydroxylation is 1. The molecule has 4 nitrogen and oxygen atoms in total. The van der Waals surface area contributed by atoms with Crippen molar-refractivity contribution in [2.45, 2.75) is 27.2 Å². The number of nitrogens with one attached hydrogen (secondary N) is 1. The van der Waals surface area contributed by atoms with E-state index in [-0.39, 0.29) is 5.41 Å². The van der Waals surface area contributed by atoms with Crippen LogP contribution in [-0.2, 0) is 4.74 Å². The summed E-state index contributed by atoms with van der Waals surface area (Å²) >= 11 is 0. The van der Waals surface area contributed by atoms with Crippen molar-refractivity contribution in [2.75, 3.05) is 31.3 Å². The smallest absolute Gasteiger partial charge is 0.0468 e. The first-order chi connectivity index (χ1) is 9.93. The number of ether oxygens (including phenoxy) is 1. The fourth-order valence-corrected chi connectivity index (χ4v) is 2.32. The molecule has 0 atom stereocenters. The average Bonchev–Trinajstić information content (AvgIpc) is 2.44. The van der Waals surface area contributed by atoms with Gasteiger partial charge in [0, 0.05) is 54.3 Å². The minimum atomic E-state index is 0.172. The summed E-state index contributed by atoms with van der Waals surface area (Å²) in [6.07, 6.45) is 2.87. The van der Waals surface area contributed by atoms with Crippen molar-refractivity contribution in [3.63, 3.8) is 0 Å². The molecule has 0 aliphatic carbocycles. The van der Waals surface area contributed by atoms with Gasteiger partial charge in [0.15, 0.2) is 0 Å². The summed E-state index contributed by atoms with van der Waals surface area (Å²) in [6, 6.07) is 6.06. The van der Waals surface area contributed by atoms with E-state index in [0.29, 0.717) is 0 Å². The van der Waals surface area contributed by atoms with Gasteiger partial charge in [-0.15, -0.1) is 0 Å². The molecule has 0 saturated heterocycles. The standard InChI is InChI=1S/C17H25N3O/c1-12-9-13-14(10-19-12)15(18)5-6-16(13)20-11-17(2,3)7-8-21-4/h5-6,9-10,20H,7-8,11,18H2,1-4H3. The highest BCUT2D eigenvalue weighted by Crippen LogP contribution is 2.30. The third kappa shape index (κ3) is 3.85. The summed E-state index contributed by atoms with van der Waals surface area (Å²) in [5.74, 6) is 0. The molecule has 0 unspecified atom stereocenters. The Labute approximate surface area is 126 Å². The van der Waals surface area contributed by atoms with Crippen LogP contribution in [0.5, 0.6) is 0 Å². The van der Waals surface area contributed by atoms with E-state index in [1.54, 1.807) is 7.11 Å². The number of nitrogen functional groups attached to an aromatic ring is 1. The van der Waals surface area contributed by atoms with Crippen LogP contribution in [0.1, 0.15) is 26.0 Å². The Hall–Kier alpha value is -1.81. The molecule has 0 saturated carbocycles. The molecule has 21 heavy (non-hydrogen) atoms. The number of benzene rings is 1. The first-order valence-corrected chi connectivity index (χ1v) is 7.30. The molecule has 0 aliphatic heterocycles. The van der Waals surface area contributed by atoms with Crippen LogP contribution < -0.4 is 11.1 Å². The van der Waals surface area contributed by atoms with Gasteiger partial charge in [-0.05, 0) is 37.0 Å². The third-order valence-corrected chi connectivity index (χ3v) is 3.81. The van der Waals surface area contributed by atoms with Gasteiger partial charge in [-0.3, -0.25) is 4.98 Å². The SMILES string of the molecule is COCCC(C)(C)CNc1ccc(N)c2cnc(C)cc12. The maximum Gasteiger partial charge on any atom is 0.0468 e. The number of rotatable bonds is 6. The Morgan fingerprint density at radius 3 is 2.76 bits per heavy atom. The number of aromatic nitrogens is 1. The normalized spacial score (nSPS) is 11.8. The monoisotopic (exact) mass is 287 g/mol. The van der Waals surface area contributed by atoms with E-state index in [9.17, 15) is 0 Å². The average molecular weight is 287 g/mol. The van der Waals surface area contributed by atoms with Crippen LogP contribution in [-0.4, -0.2) is 25.2 Å². The summed E-state index contributed by atoms with van der Waals surface area (Å²) in [5.41, 5.74) is 9.08. The second kappa shape index (κ2) is 6.31. The van der Waals surface area contributed by atoms with Gasteiger partial charge in [0.25, 0.3) is 0 Å². The zero-order valence-electron chi connectivity index (χ0n) is 13.4. The number of fused-ring (bicyclic) bond motifs is 1. The van der Waals surface area contributed by atoms with Crippen LogP contribution in [0.2, 0.25) is 0 Å². The number of hydrogen-bond donors (Lipinski definition) is 2. The van der Waals surface area contributed by atoms with Gasteiger partial charge in [0.2, 0.25) is 0 Å². The van der Waals surface area contributed by atoms with E-state index in [1.807, 2.05) is 25.3 Å². The van der Waals surface area contributed by atoms with Crippen LogP contribution in [0.15, 0.2) is 24.4 Å². The Kier molecular flexibility index (Phi) is 4.68. The van der Waals surface area contributed by atoms with Crippen LogP contribution in [0.4, 0.5) is 11.4 Å². The Balaban J connectivity index is 2.23. The van der Waals surface area contributed by atoms with Gasteiger partial charge < -0.3 is 15.8 Å². The zero-order valence-corrected chi connectivity index (χ0v) is 13.4. The minimum Gasteiger partial charge on any atom is -0.398 e. The molecule has 0 bridgehead atoms. The fraction of sp³-hybridized carbons (Fsp3) is 0.471. The molecule has 0 fully saturated rings. The fourth-order valence-electron chi connectivity index (χ4n) is 2.32. The van der Waals surface area contributed by atoms with E-state index >= 15 is 0 Å². The van der Waals surface area contributed by atoms with Gasteiger partial charge >= 0.3 is 0 Å². The van der Waals surface area contributed by atoms with Crippen molar-refractivity contribution in [2.24, 2.45) is 5.41 Å². The predicted molar refractivity (Wildman–Crippen MR) is 89.7 cm³/mol. The maximum atomic E-state index is 6.04. The number of nitrogens with two attached hydrogens (primary N) is 1. The number of pyridine rings is 1. The predicted octanol–water partition coefficient (Wildman–Crippen LogP) is 3.60. The molecule has 1 heterocycles. The van der Waals surface area contributed by atoms with Crippen LogP contribution in [0.25, 0.3) is 10.8 Å². The Morgan fingerprint density at radius 2 is 2.05 bits per heavy atom. The van der Waals surface area contributed by atoms with Gasteiger partial charge in [0.1, 0.15) is 0 Å². The first-order valence-electron chi connectivity index (χ1n) is 7.30. The van der Waals surface area contributed by atoms with Crippen molar-refractivity contribution >= 4 is 22.1 Å². The molecular weight excluding hydrogens is 262 g/mol. The number of hydrogen-bond acceptors (Lipinski definition) is 4. The third-order valence-electron chi connectivity index (χ3n) is 3.81. The zero-order chi connectivity index (χ0) is 15.5. The number of nitrogens with zero attached hydrogens (tertiary/aromatic N) is 1. The molecule has 114 valence electrons. The highest BCUT2D eigenvalue weighted by Gasteiger charge is 2.17. The van der Waals surface area contributed by atoms with E-state index in [1.165, 1.54) is 0 Å². The second-order valence-electron chi connectivity index (χ2n) is 6.33. The van der Waals surface area contributed by atoms with E-state index in [2.05, 4.69) is 30.2 Å². The van der Waals surface area contributed by atoms with Gasteiger partial charge in [-0.25, -0.2) is 0 Å². The molecule has 3 N–H and O–H groups in total. The molecule has 1 aromatic heterocycles. The molecule has 4 heteroatoms. The van der Waals surface area contributed by atoms with Crippen LogP contribution in [0.3, 0.4) is 0 Å². The molecule has 1 aromatic carbocycles. The van der Waals surface area contributed by atoms with E-state index in [4.69, 9.17) is 10.5 Å². The Morgan fingerprint density at radius 1 is 1.29 bits per heavy atom. The quantitative estimate of drug-likeness (QED) is 0.797. The van der Waals surface area contributed by atoms with Crippen molar-refractivity contribution in [1.82, 2.24) is 4.98 Å². The molecule has 2 rings (SSSR count). The van der Waals surface area contributed by atoms with Gasteiger partial charge in [-0.2, -0.15) is 0 Å². The molecule has 0 aliphatic rings. The molecule has 0 amide bonds. The summed E-state index contributed by atoms with van der Waals surface area (Å²) < 4.78 is 5.18. The highest BCUT2D eigenvalue weighted by molar-refractivity contribution is 6.00. The van der Waals surface area contributed by atoms with Crippen molar-refractivity contribution in [1.29, 1.82) is 0 Å². The van der Waals surface area contributed by atoms with Crippen molar-refractivity contribution in [3.05, 3.63) is 30.1 Å². The first kappa shape index (κ1) is 15.6. The van der Waals surface area contributed by atoms with E-state index < -0.39 is 0 Å². The van der Waals surface area contributed by atoms with Crippen molar-refractivity contribution < 1.29 is 4.74 Å². The minimum absolute atomic E-state index is 0.172. The summed E-state index contributed by atoms with van der Waals surface area (Å²) in [7, 11) is 1.74.